The number of hydrogen-bond acceptors (Lipinski definition) is 2. The minimum Gasteiger partial charge on any atom is -0.241 e. The van der Waals surface area contributed by atoms with E-state index in [1.165, 1.54) is 21.0 Å². The summed E-state index contributed by atoms with van der Waals surface area (Å²) in [5, 5.41) is 3.65. The lowest BCUT2D eigenvalue weighted by molar-refractivity contribution is 1.35. The van der Waals surface area contributed by atoms with E-state index in [1.54, 1.807) is 11.3 Å². The van der Waals surface area contributed by atoms with Crippen LogP contribution in [-0.2, 0) is 0 Å². The minimum absolute atomic E-state index is 1.12. The van der Waals surface area contributed by atoms with Crippen LogP contribution in [0.25, 0.3) is 21.0 Å². The predicted octanol–water partition coefficient (Wildman–Crippen LogP) is 4.83. The van der Waals surface area contributed by atoms with E-state index in [1.807, 2.05) is 0 Å². The fourth-order valence-electron chi connectivity index (χ4n) is 2.09. The molecule has 0 saturated carbocycles. The number of fused-ring (bicyclic) bond motifs is 3. The van der Waals surface area contributed by atoms with E-state index in [4.69, 9.17) is 0 Å². The van der Waals surface area contributed by atoms with E-state index >= 15 is 0 Å². The second kappa shape index (κ2) is 3.54. The van der Waals surface area contributed by atoms with Crippen molar-refractivity contribution in [2.45, 2.75) is 13.8 Å². The highest BCUT2D eigenvalue weighted by Gasteiger charge is 2.10. The van der Waals surface area contributed by atoms with Gasteiger partial charge >= 0.3 is 0 Å². The Morgan fingerprint density at radius 2 is 2.06 bits per heavy atom. The van der Waals surface area contributed by atoms with Gasteiger partial charge < -0.3 is 0 Å². The van der Waals surface area contributed by atoms with E-state index in [0.717, 1.165) is 15.0 Å². The Bertz CT molecular complexity index is 700. The summed E-state index contributed by atoms with van der Waals surface area (Å²) in [6.45, 7) is 4.20. The molecule has 0 aliphatic rings. The molecule has 3 aromatic rings. The highest BCUT2D eigenvalue weighted by atomic mass is 79.9. The number of halogens is 1. The number of thiazole rings is 1. The Labute approximate surface area is 106 Å². The molecule has 3 heteroatoms. The molecular formula is C13H10BrNS. The lowest BCUT2D eigenvalue weighted by Gasteiger charge is -2.04. The monoisotopic (exact) mass is 291 g/mol. The van der Waals surface area contributed by atoms with Gasteiger partial charge in [-0.25, -0.2) is 4.98 Å². The minimum atomic E-state index is 1.12. The molecule has 16 heavy (non-hydrogen) atoms. The zero-order valence-corrected chi connectivity index (χ0v) is 11.4. The molecule has 1 nitrogen and oxygen atoms in total. The molecule has 0 N–H and O–H groups in total. The third-order valence-electron chi connectivity index (χ3n) is 2.79. The highest BCUT2D eigenvalue weighted by molar-refractivity contribution is 9.10. The molecule has 0 saturated heterocycles. The average Bonchev–Trinajstić information content (AvgIpc) is 2.59. The van der Waals surface area contributed by atoms with E-state index in [9.17, 15) is 0 Å². The fraction of sp³-hybridized carbons (Fsp3) is 0.154. The van der Waals surface area contributed by atoms with Gasteiger partial charge in [-0.1, -0.05) is 34.1 Å². The first kappa shape index (κ1) is 10.2. The molecule has 2 aromatic carbocycles. The van der Waals surface area contributed by atoms with Crippen LogP contribution in [0.3, 0.4) is 0 Å². The molecule has 0 unspecified atom stereocenters. The van der Waals surface area contributed by atoms with Crippen molar-refractivity contribution >= 4 is 48.3 Å². The maximum Gasteiger partial charge on any atom is 0.0908 e. The largest absolute Gasteiger partial charge is 0.241 e. The van der Waals surface area contributed by atoms with Gasteiger partial charge in [-0.3, -0.25) is 0 Å². The third kappa shape index (κ3) is 1.39. The van der Waals surface area contributed by atoms with Gasteiger partial charge in [-0.2, -0.15) is 0 Å². The fourth-order valence-corrected chi connectivity index (χ4v) is 3.68. The molecule has 1 heterocycles. The van der Waals surface area contributed by atoms with Crippen LogP contribution in [0.15, 0.2) is 28.7 Å². The zero-order valence-electron chi connectivity index (χ0n) is 9.04. The van der Waals surface area contributed by atoms with E-state index in [0.29, 0.717) is 0 Å². The van der Waals surface area contributed by atoms with Crippen LogP contribution in [0, 0.1) is 13.8 Å². The van der Waals surface area contributed by atoms with Gasteiger partial charge in [0, 0.05) is 9.86 Å². The van der Waals surface area contributed by atoms with Crippen LogP contribution in [0.4, 0.5) is 0 Å². The molecule has 0 atom stereocenters. The van der Waals surface area contributed by atoms with Gasteiger partial charge in [0.25, 0.3) is 0 Å². The molecular weight excluding hydrogens is 282 g/mol. The standard InChI is InChI=1S/C13H10BrNS/c1-7-4-3-5-9-10(14)6-11-13(12(7)9)15-8(2)16-11/h3-6H,1-2H3. The van der Waals surface area contributed by atoms with E-state index in [2.05, 4.69) is 59.0 Å². The smallest absolute Gasteiger partial charge is 0.0908 e. The van der Waals surface area contributed by atoms with Crippen LogP contribution >= 0.6 is 27.3 Å². The van der Waals surface area contributed by atoms with Crippen molar-refractivity contribution in [2.24, 2.45) is 0 Å². The number of benzene rings is 2. The van der Waals surface area contributed by atoms with Crippen LogP contribution in [0.1, 0.15) is 10.6 Å². The topological polar surface area (TPSA) is 12.9 Å². The maximum absolute atomic E-state index is 4.64. The van der Waals surface area contributed by atoms with Crippen LogP contribution in [-0.4, -0.2) is 4.98 Å². The van der Waals surface area contributed by atoms with Gasteiger partial charge in [0.1, 0.15) is 0 Å². The van der Waals surface area contributed by atoms with Crippen molar-refractivity contribution in [3.8, 4) is 0 Å². The van der Waals surface area contributed by atoms with E-state index < -0.39 is 0 Å². The van der Waals surface area contributed by atoms with Crippen molar-refractivity contribution < 1.29 is 0 Å². The Morgan fingerprint density at radius 1 is 1.25 bits per heavy atom. The number of hydrogen-bond donors (Lipinski definition) is 0. The summed E-state index contributed by atoms with van der Waals surface area (Å²) in [7, 11) is 0. The molecule has 0 amide bonds. The lowest BCUT2D eigenvalue weighted by Crippen LogP contribution is -1.82. The molecule has 80 valence electrons. The van der Waals surface area contributed by atoms with Gasteiger partial charge in [-0.05, 0) is 30.9 Å². The van der Waals surface area contributed by atoms with Crippen molar-refractivity contribution in [1.29, 1.82) is 0 Å². The van der Waals surface area contributed by atoms with Gasteiger partial charge in [0.2, 0.25) is 0 Å². The number of nitrogens with zero attached hydrogens (tertiary/aromatic N) is 1. The molecule has 0 aliphatic heterocycles. The van der Waals surface area contributed by atoms with Crippen molar-refractivity contribution in [3.05, 3.63) is 39.3 Å². The summed E-state index contributed by atoms with van der Waals surface area (Å²) < 4.78 is 2.41. The second-order valence-electron chi connectivity index (χ2n) is 3.94. The van der Waals surface area contributed by atoms with Gasteiger partial charge in [0.05, 0.1) is 15.2 Å². The Kier molecular flexibility index (Phi) is 2.26. The van der Waals surface area contributed by atoms with Crippen LogP contribution in [0.2, 0.25) is 0 Å². The Hall–Kier alpha value is -0.930. The Morgan fingerprint density at radius 3 is 2.88 bits per heavy atom. The number of aromatic nitrogens is 1. The first-order valence-electron chi connectivity index (χ1n) is 5.12. The summed E-state index contributed by atoms with van der Waals surface area (Å²) >= 11 is 5.39. The average molecular weight is 292 g/mol. The van der Waals surface area contributed by atoms with Crippen molar-refractivity contribution in [2.75, 3.05) is 0 Å². The first-order valence-corrected chi connectivity index (χ1v) is 6.73. The van der Waals surface area contributed by atoms with Crippen molar-refractivity contribution in [3.63, 3.8) is 0 Å². The highest BCUT2D eigenvalue weighted by Crippen LogP contribution is 2.35. The normalized spacial score (nSPS) is 11.4. The quantitative estimate of drug-likeness (QED) is 0.578. The second-order valence-corrected chi connectivity index (χ2v) is 6.02. The molecule has 3 rings (SSSR count). The lowest BCUT2D eigenvalue weighted by atomic mass is 10.0. The first-order chi connectivity index (χ1) is 7.66. The van der Waals surface area contributed by atoms with Gasteiger partial charge in [0.15, 0.2) is 0 Å². The van der Waals surface area contributed by atoms with Crippen LogP contribution < -0.4 is 0 Å². The SMILES string of the molecule is Cc1nc2c(cc(Br)c3cccc(C)c32)s1. The predicted molar refractivity (Wildman–Crippen MR) is 74.3 cm³/mol. The maximum atomic E-state index is 4.64. The van der Waals surface area contributed by atoms with E-state index in [-0.39, 0.29) is 0 Å². The zero-order chi connectivity index (χ0) is 11.3. The molecule has 0 spiro atoms. The molecule has 0 radical (unpaired) electrons. The number of aryl methyl sites for hydroxylation is 2. The third-order valence-corrected chi connectivity index (χ3v) is 4.36. The number of rotatable bonds is 0. The summed E-state index contributed by atoms with van der Waals surface area (Å²) in [5.41, 5.74) is 2.42. The Balaban J connectivity index is 2.66. The molecule has 0 bridgehead atoms. The molecule has 1 aromatic heterocycles. The van der Waals surface area contributed by atoms with Crippen LogP contribution in [0.5, 0.6) is 0 Å². The van der Waals surface area contributed by atoms with Crippen molar-refractivity contribution in [1.82, 2.24) is 4.98 Å². The summed E-state index contributed by atoms with van der Waals surface area (Å²) in [6.07, 6.45) is 0. The molecule has 0 aliphatic carbocycles. The summed E-state index contributed by atoms with van der Waals surface area (Å²) in [4.78, 5) is 4.64. The summed E-state index contributed by atoms with van der Waals surface area (Å²) in [5.74, 6) is 0. The molecule has 0 fully saturated rings. The summed E-state index contributed by atoms with van der Waals surface area (Å²) in [6, 6.07) is 8.54. The van der Waals surface area contributed by atoms with Gasteiger partial charge in [-0.15, -0.1) is 11.3 Å².